The smallest absolute Gasteiger partial charge is 0.170 e. The average Bonchev–Trinajstić information content (AvgIpc) is 2.87. The molecule has 0 bridgehead atoms. The first kappa shape index (κ1) is 15.6. The normalized spacial score (nSPS) is 11.6. The fourth-order valence-electron chi connectivity index (χ4n) is 1.83. The number of hydrogen-bond acceptors (Lipinski definition) is 4. The molecule has 2 aromatic rings. The Labute approximate surface area is 126 Å². The maximum atomic E-state index is 10.9. The van der Waals surface area contributed by atoms with E-state index in [4.69, 9.17) is 4.74 Å². The molecular formula is C15H21N3O2Si. The predicted molar refractivity (Wildman–Crippen MR) is 85.0 cm³/mol. The van der Waals surface area contributed by atoms with E-state index in [0.717, 1.165) is 24.6 Å². The van der Waals surface area contributed by atoms with Crippen molar-refractivity contribution in [3.63, 3.8) is 0 Å². The summed E-state index contributed by atoms with van der Waals surface area (Å²) in [7, 11) is -1.09. The summed E-state index contributed by atoms with van der Waals surface area (Å²) in [5.74, 6) is 0.658. The lowest BCUT2D eigenvalue weighted by molar-refractivity contribution is 0.0881. The summed E-state index contributed by atoms with van der Waals surface area (Å²) in [5, 5.41) is 0. The molecule has 2 rings (SSSR count). The summed E-state index contributed by atoms with van der Waals surface area (Å²) in [6, 6.07) is 6.73. The number of pyridine rings is 1. The summed E-state index contributed by atoms with van der Waals surface area (Å²) >= 11 is 0. The molecule has 6 heteroatoms. The number of ether oxygens (including phenoxy) is 1. The minimum Gasteiger partial charge on any atom is -0.361 e. The van der Waals surface area contributed by atoms with Crippen LogP contribution in [-0.2, 0) is 11.5 Å². The van der Waals surface area contributed by atoms with Crippen molar-refractivity contribution in [2.45, 2.75) is 32.4 Å². The van der Waals surface area contributed by atoms with Gasteiger partial charge in [-0.1, -0.05) is 25.7 Å². The number of carbonyl (C=O) groups is 1. The van der Waals surface area contributed by atoms with Crippen LogP contribution in [0.3, 0.4) is 0 Å². The van der Waals surface area contributed by atoms with E-state index in [0.29, 0.717) is 18.2 Å². The van der Waals surface area contributed by atoms with Gasteiger partial charge in [0.25, 0.3) is 0 Å². The molecular weight excluding hydrogens is 282 g/mol. The van der Waals surface area contributed by atoms with Gasteiger partial charge in [-0.15, -0.1) is 0 Å². The van der Waals surface area contributed by atoms with Crippen LogP contribution in [0.25, 0.3) is 11.5 Å². The molecule has 0 aliphatic rings. The number of nitrogens with zero attached hydrogens (tertiary/aromatic N) is 3. The van der Waals surface area contributed by atoms with E-state index in [1.165, 1.54) is 0 Å². The van der Waals surface area contributed by atoms with Gasteiger partial charge in [-0.3, -0.25) is 9.78 Å². The molecule has 0 saturated heterocycles. The third-order valence-corrected chi connectivity index (χ3v) is 4.74. The van der Waals surface area contributed by atoms with E-state index in [1.807, 2.05) is 22.8 Å². The Balaban J connectivity index is 2.08. The molecule has 0 aliphatic carbocycles. The van der Waals surface area contributed by atoms with E-state index < -0.39 is 8.07 Å². The number of aromatic nitrogens is 3. The minimum absolute atomic E-state index is 0.386. The van der Waals surface area contributed by atoms with Gasteiger partial charge in [0.2, 0.25) is 0 Å². The van der Waals surface area contributed by atoms with Gasteiger partial charge in [0, 0.05) is 27.1 Å². The van der Waals surface area contributed by atoms with Crippen molar-refractivity contribution in [2.75, 3.05) is 6.61 Å². The van der Waals surface area contributed by atoms with Crippen molar-refractivity contribution in [3.8, 4) is 11.5 Å². The number of imidazole rings is 1. The first-order valence-electron chi connectivity index (χ1n) is 7.01. The molecule has 2 heterocycles. The summed E-state index contributed by atoms with van der Waals surface area (Å²) in [5.41, 5.74) is 1.13. The van der Waals surface area contributed by atoms with Crippen molar-refractivity contribution in [3.05, 3.63) is 36.3 Å². The van der Waals surface area contributed by atoms with Gasteiger partial charge in [-0.2, -0.15) is 0 Å². The third kappa shape index (κ3) is 4.61. The summed E-state index contributed by atoms with van der Waals surface area (Å²) in [6.07, 6.45) is 4.15. The molecule has 0 atom stereocenters. The fourth-order valence-corrected chi connectivity index (χ4v) is 2.59. The zero-order valence-electron chi connectivity index (χ0n) is 12.7. The lowest BCUT2D eigenvalue weighted by Crippen LogP contribution is -2.22. The highest BCUT2D eigenvalue weighted by atomic mass is 28.3. The first-order valence-corrected chi connectivity index (χ1v) is 10.7. The van der Waals surface area contributed by atoms with Gasteiger partial charge < -0.3 is 9.30 Å². The van der Waals surface area contributed by atoms with Crippen LogP contribution in [0.15, 0.2) is 30.6 Å². The fraction of sp³-hybridized carbons (Fsp3) is 0.400. The standard InChI is InChI=1S/C15H21N3O2Si/c1-21(2,3)9-8-20-12-18-10-13(11-19)17-15(18)14-6-4-5-7-16-14/h4-7,10-11H,8-9,12H2,1-3H3. The van der Waals surface area contributed by atoms with E-state index >= 15 is 0 Å². The maximum absolute atomic E-state index is 10.9. The lowest BCUT2D eigenvalue weighted by atomic mass is 10.3. The molecule has 5 nitrogen and oxygen atoms in total. The number of rotatable bonds is 7. The van der Waals surface area contributed by atoms with E-state index in [1.54, 1.807) is 12.4 Å². The average molecular weight is 303 g/mol. The largest absolute Gasteiger partial charge is 0.361 e. The molecule has 0 amide bonds. The van der Waals surface area contributed by atoms with Crippen LogP contribution in [0.5, 0.6) is 0 Å². The Hall–Kier alpha value is -1.79. The van der Waals surface area contributed by atoms with Gasteiger partial charge >= 0.3 is 0 Å². The van der Waals surface area contributed by atoms with Crippen LogP contribution in [-0.4, -0.2) is 35.5 Å². The van der Waals surface area contributed by atoms with Crippen molar-refractivity contribution in [1.82, 2.24) is 14.5 Å². The minimum atomic E-state index is -1.09. The number of aldehydes is 1. The molecule has 112 valence electrons. The van der Waals surface area contributed by atoms with E-state index in [9.17, 15) is 4.79 Å². The second-order valence-electron chi connectivity index (χ2n) is 6.14. The van der Waals surface area contributed by atoms with E-state index in [2.05, 4.69) is 29.6 Å². The van der Waals surface area contributed by atoms with Crippen molar-refractivity contribution < 1.29 is 9.53 Å². The quantitative estimate of drug-likeness (QED) is 0.448. The molecule has 0 aromatic carbocycles. The van der Waals surface area contributed by atoms with Crippen molar-refractivity contribution in [2.24, 2.45) is 0 Å². The van der Waals surface area contributed by atoms with Crippen LogP contribution < -0.4 is 0 Å². The van der Waals surface area contributed by atoms with Gasteiger partial charge in [-0.25, -0.2) is 4.98 Å². The van der Waals surface area contributed by atoms with Gasteiger partial charge in [-0.05, 0) is 18.2 Å². The van der Waals surface area contributed by atoms with Crippen molar-refractivity contribution >= 4 is 14.4 Å². The molecule has 0 unspecified atom stereocenters. The van der Waals surface area contributed by atoms with Gasteiger partial charge in [0.1, 0.15) is 18.1 Å². The summed E-state index contributed by atoms with van der Waals surface area (Å²) < 4.78 is 7.56. The monoisotopic (exact) mass is 303 g/mol. The molecule has 0 fully saturated rings. The van der Waals surface area contributed by atoms with Gasteiger partial charge in [0.05, 0.1) is 0 Å². The summed E-state index contributed by atoms with van der Waals surface area (Å²) in [6.45, 7) is 8.06. The molecule has 0 N–H and O–H groups in total. The maximum Gasteiger partial charge on any atom is 0.170 e. The highest BCUT2D eigenvalue weighted by Crippen LogP contribution is 2.16. The van der Waals surface area contributed by atoms with E-state index in [-0.39, 0.29) is 0 Å². The lowest BCUT2D eigenvalue weighted by Gasteiger charge is -2.16. The Kier molecular flexibility index (Phi) is 5.03. The third-order valence-electron chi connectivity index (χ3n) is 3.04. The Morgan fingerprint density at radius 3 is 2.76 bits per heavy atom. The highest BCUT2D eigenvalue weighted by Gasteiger charge is 2.13. The molecule has 0 spiro atoms. The molecule has 21 heavy (non-hydrogen) atoms. The van der Waals surface area contributed by atoms with Crippen LogP contribution in [0.4, 0.5) is 0 Å². The SMILES string of the molecule is C[Si](C)(C)CCOCn1cc(C=O)nc1-c1ccccn1. The Morgan fingerprint density at radius 1 is 1.33 bits per heavy atom. The zero-order valence-corrected chi connectivity index (χ0v) is 13.7. The molecule has 2 aromatic heterocycles. The van der Waals surface area contributed by atoms with Crippen LogP contribution in [0.2, 0.25) is 25.7 Å². The summed E-state index contributed by atoms with van der Waals surface area (Å²) in [4.78, 5) is 19.5. The van der Waals surface area contributed by atoms with Gasteiger partial charge in [0.15, 0.2) is 12.1 Å². The second-order valence-corrected chi connectivity index (χ2v) is 11.8. The van der Waals surface area contributed by atoms with Crippen LogP contribution in [0.1, 0.15) is 10.5 Å². The molecule has 0 radical (unpaired) electrons. The molecule has 0 saturated carbocycles. The zero-order chi connectivity index (χ0) is 15.3. The highest BCUT2D eigenvalue weighted by molar-refractivity contribution is 6.76. The first-order chi connectivity index (χ1) is 9.99. The predicted octanol–water partition coefficient (Wildman–Crippen LogP) is 3.07. The topological polar surface area (TPSA) is 57.0 Å². The van der Waals surface area contributed by atoms with Crippen molar-refractivity contribution in [1.29, 1.82) is 0 Å². The second kappa shape index (κ2) is 6.78. The van der Waals surface area contributed by atoms with Crippen LogP contribution >= 0.6 is 0 Å². The number of hydrogen-bond donors (Lipinski definition) is 0. The Bertz CT molecular complexity index is 591. The number of carbonyl (C=O) groups excluding carboxylic acids is 1. The Morgan fingerprint density at radius 2 is 2.14 bits per heavy atom. The molecule has 0 aliphatic heterocycles. The van der Waals surface area contributed by atoms with Crippen LogP contribution in [0, 0.1) is 0 Å².